The Balaban J connectivity index is 0.00000196. The summed E-state index contributed by atoms with van der Waals surface area (Å²) < 4.78 is 4.99. The van der Waals surface area contributed by atoms with Crippen LogP contribution in [0.3, 0.4) is 0 Å². The molecule has 0 spiro atoms. The average Bonchev–Trinajstić information content (AvgIpc) is 3.33. The highest BCUT2D eigenvalue weighted by Crippen LogP contribution is 2.22. The highest BCUT2D eigenvalue weighted by Gasteiger charge is 2.27. The number of aromatic nitrogens is 1. The van der Waals surface area contributed by atoms with Gasteiger partial charge in [0.1, 0.15) is 5.76 Å². The number of thioether (sulfide) groups is 1. The molecule has 4 rings (SSSR count). The number of hydrogen-bond donors (Lipinski definition) is 0. The quantitative estimate of drug-likeness (QED) is 0.759. The van der Waals surface area contributed by atoms with Gasteiger partial charge < -0.3 is 14.3 Å². The van der Waals surface area contributed by atoms with Crippen molar-refractivity contribution in [3.63, 3.8) is 0 Å². The molecule has 1 fully saturated rings. The highest BCUT2D eigenvalue weighted by atomic mass is 35.5. The minimum atomic E-state index is -0.0762. The van der Waals surface area contributed by atoms with Gasteiger partial charge in [-0.3, -0.25) is 4.79 Å². The molecule has 0 atom stereocenters. The van der Waals surface area contributed by atoms with Crippen molar-refractivity contribution in [2.75, 3.05) is 31.9 Å². The van der Waals surface area contributed by atoms with Crippen LogP contribution in [0, 0.1) is 6.92 Å². The number of halogens is 1. The molecule has 0 saturated carbocycles. The summed E-state index contributed by atoms with van der Waals surface area (Å²) in [4.78, 5) is 17.6. The van der Waals surface area contributed by atoms with E-state index in [9.17, 15) is 4.79 Å². The van der Waals surface area contributed by atoms with Crippen molar-refractivity contribution in [3.8, 4) is 0 Å². The number of carbonyl (C=O) groups excluding carboxylic acids is 1. The lowest BCUT2D eigenvalue weighted by Crippen LogP contribution is -2.50. The molecule has 0 aromatic carbocycles. The Morgan fingerprint density at radius 1 is 1.23 bits per heavy atom. The first-order valence-electron chi connectivity index (χ1n) is 7.99. The van der Waals surface area contributed by atoms with E-state index in [0.717, 1.165) is 29.7 Å². The molecule has 0 unspecified atom stereocenters. The van der Waals surface area contributed by atoms with Crippen LogP contribution in [0.5, 0.6) is 0 Å². The molecule has 138 valence electrons. The number of hydrogen-bond acceptors (Lipinski definition) is 8. The molecule has 2 aromatic rings. The summed E-state index contributed by atoms with van der Waals surface area (Å²) in [7, 11) is 0. The molecular weight excluding hydrogens is 394 g/mol. The van der Waals surface area contributed by atoms with Crippen LogP contribution in [0.1, 0.15) is 21.1 Å². The summed E-state index contributed by atoms with van der Waals surface area (Å²) >= 11 is 3.39. The number of rotatable bonds is 2. The van der Waals surface area contributed by atoms with Gasteiger partial charge in [0.05, 0.1) is 10.6 Å². The van der Waals surface area contributed by atoms with Gasteiger partial charge in [0.2, 0.25) is 0 Å². The first-order chi connectivity index (χ1) is 12.2. The molecule has 1 amide bonds. The molecule has 2 aliphatic heterocycles. The van der Waals surface area contributed by atoms with Crippen LogP contribution >= 0.6 is 35.5 Å². The van der Waals surface area contributed by atoms with Crippen molar-refractivity contribution in [2.45, 2.75) is 6.92 Å². The van der Waals surface area contributed by atoms with Gasteiger partial charge in [0, 0.05) is 38.0 Å². The lowest BCUT2D eigenvalue weighted by Gasteiger charge is -2.35. The van der Waals surface area contributed by atoms with E-state index >= 15 is 0 Å². The second-order valence-corrected chi connectivity index (χ2v) is 7.69. The molecule has 10 heteroatoms. The molecule has 2 aromatic heterocycles. The predicted octanol–water partition coefficient (Wildman–Crippen LogP) is 2.73. The Hall–Kier alpha value is -1.84. The van der Waals surface area contributed by atoms with Crippen LogP contribution in [0.15, 0.2) is 38.3 Å². The van der Waals surface area contributed by atoms with Crippen LogP contribution in [-0.2, 0) is 0 Å². The number of piperazine rings is 1. The number of nitrogens with zero attached hydrogens (tertiary/aromatic N) is 5. The van der Waals surface area contributed by atoms with Crippen molar-refractivity contribution in [2.24, 2.45) is 10.2 Å². The van der Waals surface area contributed by atoms with E-state index in [1.165, 1.54) is 4.88 Å². The van der Waals surface area contributed by atoms with Gasteiger partial charge in [-0.05, 0) is 18.4 Å². The zero-order valence-corrected chi connectivity index (χ0v) is 16.6. The fraction of sp³-hybridized carbons (Fsp3) is 0.375. The standard InChI is InChI=1S/C16H17N5O2S2.ClH/c1-11-9-12(19-23-11)15(22)20-4-6-21(7-5-20)16-18-17-13(10-25-16)14-3-2-8-24-14;/h2-3,8-9H,4-7,10H2,1H3;1H. The van der Waals surface area contributed by atoms with E-state index in [4.69, 9.17) is 4.52 Å². The largest absolute Gasteiger partial charge is 0.361 e. The number of thiophene rings is 1. The lowest BCUT2D eigenvalue weighted by atomic mass is 10.3. The fourth-order valence-corrected chi connectivity index (χ4v) is 4.49. The molecule has 0 aliphatic carbocycles. The maximum Gasteiger partial charge on any atom is 0.276 e. The summed E-state index contributed by atoms with van der Waals surface area (Å²) in [6, 6.07) is 5.77. The van der Waals surface area contributed by atoms with Crippen molar-refractivity contribution < 1.29 is 9.32 Å². The number of amides is 1. The Labute approximate surface area is 165 Å². The smallest absolute Gasteiger partial charge is 0.276 e. The monoisotopic (exact) mass is 411 g/mol. The SMILES string of the molecule is Cc1cc(C(=O)N2CCN(C3=NN=C(c4cccs4)CS3)CC2)no1.Cl. The van der Waals surface area contributed by atoms with Gasteiger partial charge in [-0.15, -0.1) is 28.8 Å². The van der Waals surface area contributed by atoms with Gasteiger partial charge in [-0.1, -0.05) is 23.0 Å². The molecule has 26 heavy (non-hydrogen) atoms. The molecule has 7 nitrogen and oxygen atoms in total. The van der Waals surface area contributed by atoms with E-state index in [2.05, 4.69) is 26.3 Å². The Morgan fingerprint density at radius 2 is 2.04 bits per heavy atom. The average molecular weight is 412 g/mol. The molecule has 0 bridgehead atoms. The maximum absolute atomic E-state index is 12.4. The van der Waals surface area contributed by atoms with Crippen LogP contribution in [0.4, 0.5) is 0 Å². The summed E-state index contributed by atoms with van der Waals surface area (Å²) in [5.74, 6) is 1.40. The third-order valence-corrected chi connectivity index (χ3v) is 6.02. The third-order valence-electron chi connectivity index (χ3n) is 4.08. The van der Waals surface area contributed by atoms with Gasteiger partial charge in [-0.2, -0.15) is 5.10 Å². The molecule has 0 N–H and O–H groups in total. The number of aryl methyl sites for hydroxylation is 1. The van der Waals surface area contributed by atoms with E-state index in [1.807, 2.05) is 16.3 Å². The van der Waals surface area contributed by atoms with Crippen molar-refractivity contribution in [1.29, 1.82) is 0 Å². The molecule has 4 heterocycles. The summed E-state index contributed by atoms with van der Waals surface area (Å²) in [5, 5.41) is 15.6. The Kier molecular flexibility index (Phi) is 6.00. The minimum Gasteiger partial charge on any atom is -0.361 e. The van der Waals surface area contributed by atoms with Crippen LogP contribution in [0.25, 0.3) is 0 Å². The zero-order valence-electron chi connectivity index (χ0n) is 14.1. The first kappa shape index (κ1) is 18.9. The lowest BCUT2D eigenvalue weighted by molar-refractivity contribution is 0.0683. The van der Waals surface area contributed by atoms with Gasteiger partial charge in [0.15, 0.2) is 10.9 Å². The normalized spacial score (nSPS) is 17.4. The minimum absolute atomic E-state index is 0. The van der Waals surface area contributed by atoms with Gasteiger partial charge in [-0.25, -0.2) is 0 Å². The van der Waals surface area contributed by atoms with Crippen LogP contribution in [-0.4, -0.2) is 63.7 Å². The topological polar surface area (TPSA) is 74.3 Å². The number of carbonyl (C=O) groups is 1. The molecule has 0 radical (unpaired) electrons. The van der Waals surface area contributed by atoms with E-state index < -0.39 is 0 Å². The van der Waals surface area contributed by atoms with Gasteiger partial charge >= 0.3 is 0 Å². The van der Waals surface area contributed by atoms with Crippen molar-refractivity contribution >= 4 is 52.3 Å². The molecular formula is C16H18ClN5O2S2. The summed E-state index contributed by atoms with van der Waals surface area (Å²) in [5.41, 5.74) is 1.40. The first-order valence-corrected chi connectivity index (χ1v) is 9.86. The molecule has 1 saturated heterocycles. The van der Waals surface area contributed by atoms with Crippen molar-refractivity contribution in [3.05, 3.63) is 39.9 Å². The third kappa shape index (κ3) is 3.94. The summed E-state index contributed by atoms with van der Waals surface area (Å²) in [6.07, 6.45) is 0. The summed E-state index contributed by atoms with van der Waals surface area (Å²) in [6.45, 7) is 4.57. The van der Waals surface area contributed by atoms with Crippen LogP contribution in [0.2, 0.25) is 0 Å². The predicted molar refractivity (Wildman–Crippen MR) is 107 cm³/mol. The van der Waals surface area contributed by atoms with E-state index in [-0.39, 0.29) is 18.3 Å². The Bertz CT molecular complexity index is 826. The maximum atomic E-state index is 12.4. The van der Waals surface area contributed by atoms with E-state index in [1.54, 1.807) is 36.1 Å². The zero-order chi connectivity index (χ0) is 17.2. The van der Waals surface area contributed by atoms with Gasteiger partial charge in [0.25, 0.3) is 5.91 Å². The van der Waals surface area contributed by atoms with Crippen LogP contribution < -0.4 is 0 Å². The van der Waals surface area contributed by atoms with E-state index in [0.29, 0.717) is 24.5 Å². The number of amidine groups is 1. The van der Waals surface area contributed by atoms with Crippen molar-refractivity contribution in [1.82, 2.24) is 15.0 Å². The Morgan fingerprint density at radius 3 is 2.62 bits per heavy atom. The second kappa shape index (κ2) is 8.24. The molecule has 2 aliphatic rings. The second-order valence-electron chi connectivity index (χ2n) is 5.80. The highest BCUT2D eigenvalue weighted by molar-refractivity contribution is 8.14. The fourth-order valence-electron chi connectivity index (χ4n) is 2.74.